The standard InChI is InChI=1S/C17H14FN5O2/c1-9(24)22-7-14-15(16-20-17(25-21-16)10-2-3-10)19-8-23(14)12-5-4-11(18)6-13(12)22/h4-6,8,10H,2-3,7H2,1H3. The second kappa shape index (κ2) is 4.98. The van der Waals surface area contributed by atoms with Crippen LogP contribution in [0, 0.1) is 5.82 Å². The van der Waals surface area contributed by atoms with E-state index in [-0.39, 0.29) is 18.3 Å². The zero-order valence-corrected chi connectivity index (χ0v) is 13.4. The van der Waals surface area contributed by atoms with Crippen molar-refractivity contribution >= 4 is 11.6 Å². The Morgan fingerprint density at radius 3 is 2.92 bits per heavy atom. The molecule has 0 bridgehead atoms. The van der Waals surface area contributed by atoms with Gasteiger partial charge in [-0.1, -0.05) is 5.16 Å². The average Bonchev–Trinajstić information content (AvgIpc) is 3.17. The first-order valence-electron chi connectivity index (χ1n) is 8.10. The van der Waals surface area contributed by atoms with Crippen molar-refractivity contribution in [3.63, 3.8) is 0 Å². The Morgan fingerprint density at radius 1 is 1.32 bits per heavy atom. The van der Waals surface area contributed by atoms with Crippen LogP contribution in [0.3, 0.4) is 0 Å². The van der Waals surface area contributed by atoms with E-state index in [1.165, 1.54) is 24.0 Å². The van der Waals surface area contributed by atoms with Crippen LogP contribution in [0.5, 0.6) is 0 Å². The molecule has 0 radical (unpaired) electrons. The molecule has 0 N–H and O–H groups in total. The van der Waals surface area contributed by atoms with E-state index in [1.807, 2.05) is 4.57 Å². The van der Waals surface area contributed by atoms with Crippen molar-refractivity contribution in [2.24, 2.45) is 0 Å². The Bertz CT molecular complexity index is 1000. The lowest BCUT2D eigenvalue weighted by Crippen LogP contribution is -2.33. The summed E-state index contributed by atoms with van der Waals surface area (Å²) < 4.78 is 20.8. The van der Waals surface area contributed by atoms with Crippen molar-refractivity contribution in [1.29, 1.82) is 0 Å². The van der Waals surface area contributed by atoms with Gasteiger partial charge in [-0.25, -0.2) is 9.37 Å². The first-order valence-corrected chi connectivity index (χ1v) is 8.10. The molecule has 3 aromatic rings. The Morgan fingerprint density at radius 2 is 2.16 bits per heavy atom. The van der Waals surface area contributed by atoms with Crippen molar-refractivity contribution in [3.8, 4) is 17.2 Å². The van der Waals surface area contributed by atoms with Gasteiger partial charge < -0.3 is 9.42 Å². The van der Waals surface area contributed by atoms with Gasteiger partial charge in [0.25, 0.3) is 0 Å². The maximum absolute atomic E-state index is 13.7. The quantitative estimate of drug-likeness (QED) is 0.717. The second-order valence-electron chi connectivity index (χ2n) is 6.38. The number of anilines is 1. The molecule has 2 aromatic heterocycles. The number of benzene rings is 1. The molecule has 0 atom stereocenters. The summed E-state index contributed by atoms with van der Waals surface area (Å²) in [6.07, 6.45) is 3.78. The third-order valence-electron chi connectivity index (χ3n) is 4.62. The van der Waals surface area contributed by atoms with Crippen LogP contribution in [0.1, 0.15) is 37.3 Å². The Hall–Kier alpha value is -3.03. The summed E-state index contributed by atoms with van der Waals surface area (Å²) in [5.74, 6) is 0.860. The van der Waals surface area contributed by atoms with E-state index >= 15 is 0 Å². The lowest BCUT2D eigenvalue weighted by molar-refractivity contribution is -0.116. The molecular weight excluding hydrogens is 325 g/mol. The van der Waals surface area contributed by atoms with Gasteiger partial charge >= 0.3 is 0 Å². The average molecular weight is 339 g/mol. The maximum Gasteiger partial charge on any atom is 0.230 e. The summed E-state index contributed by atoms with van der Waals surface area (Å²) in [5, 5.41) is 4.04. The predicted molar refractivity (Wildman–Crippen MR) is 85.7 cm³/mol. The van der Waals surface area contributed by atoms with Gasteiger partial charge in [-0.05, 0) is 31.0 Å². The van der Waals surface area contributed by atoms with Crippen molar-refractivity contribution in [2.45, 2.75) is 32.2 Å². The van der Waals surface area contributed by atoms with Crippen LogP contribution in [0.4, 0.5) is 10.1 Å². The number of halogens is 1. The fourth-order valence-corrected chi connectivity index (χ4v) is 3.18. The normalized spacial score (nSPS) is 15.8. The van der Waals surface area contributed by atoms with Gasteiger partial charge in [-0.3, -0.25) is 9.36 Å². The van der Waals surface area contributed by atoms with Crippen molar-refractivity contribution in [2.75, 3.05) is 4.90 Å². The lowest BCUT2D eigenvalue weighted by atomic mass is 10.1. The van der Waals surface area contributed by atoms with Crippen molar-refractivity contribution < 1.29 is 13.7 Å². The van der Waals surface area contributed by atoms with Gasteiger partial charge in [0.2, 0.25) is 17.6 Å². The fourth-order valence-electron chi connectivity index (χ4n) is 3.18. The minimum Gasteiger partial charge on any atom is -0.339 e. The minimum absolute atomic E-state index is 0.169. The molecule has 2 aliphatic rings. The highest BCUT2D eigenvalue weighted by Crippen LogP contribution is 2.40. The minimum atomic E-state index is -0.388. The molecule has 0 saturated heterocycles. The lowest BCUT2D eigenvalue weighted by Gasteiger charge is -2.30. The first-order chi connectivity index (χ1) is 12.1. The maximum atomic E-state index is 13.7. The smallest absolute Gasteiger partial charge is 0.230 e. The van der Waals surface area contributed by atoms with Crippen LogP contribution >= 0.6 is 0 Å². The molecule has 5 rings (SSSR count). The van der Waals surface area contributed by atoms with E-state index < -0.39 is 0 Å². The molecule has 1 aromatic carbocycles. The van der Waals surface area contributed by atoms with E-state index in [0.717, 1.165) is 18.5 Å². The zero-order chi connectivity index (χ0) is 17.1. The van der Waals surface area contributed by atoms with Crippen LogP contribution in [-0.2, 0) is 11.3 Å². The van der Waals surface area contributed by atoms with Gasteiger partial charge in [0.15, 0.2) is 0 Å². The molecular formula is C17H14FN5O2. The molecule has 0 unspecified atom stereocenters. The number of fused-ring (bicyclic) bond motifs is 3. The van der Waals surface area contributed by atoms with Gasteiger partial charge in [0.1, 0.15) is 17.8 Å². The molecule has 126 valence electrons. The fraction of sp³-hybridized carbons (Fsp3) is 0.294. The highest BCUT2D eigenvalue weighted by atomic mass is 19.1. The highest BCUT2D eigenvalue weighted by molar-refractivity contribution is 5.94. The van der Waals surface area contributed by atoms with Gasteiger partial charge in [0, 0.05) is 12.8 Å². The summed E-state index contributed by atoms with van der Waals surface area (Å²) in [4.78, 5) is 22.5. The first kappa shape index (κ1) is 14.3. The van der Waals surface area contributed by atoms with Crippen LogP contribution < -0.4 is 4.90 Å². The topological polar surface area (TPSA) is 77.1 Å². The molecule has 1 aliphatic carbocycles. The zero-order valence-electron chi connectivity index (χ0n) is 13.4. The van der Waals surface area contributed by atoms with Crippen LogP contribution in [0.15, 0.2) is 29.0 Å². The van der Waals surface area contributed by atoms with Crippen molar-refractivity contribution in [3.05, 3.63) is 41.9 Å². The molecule has 1 fully saturated rings. The number of hydrogen-bond acceptors (Lipinski definition) is 5. The van der Waals surface area contributed by atoms with Gasteiger partial charge in [-0.2, -0.15) is 4.98 Å². The summed E-state index contributed by atoms with van der Waals surface area (Å²) >= 11 is 0. The van der Waals surface area contributed by atoms with Crippen LogP contribution in [0.2, 0.25) is 0 Å². The third-order valence-corrected chi connectivity index (χ3v) is 4.62. The Kier molecular flexibility index (Phi) is 2.85. The number of amides is 1. The monoisotopic (exact) mass is 339 g/mol. The highest BCUT2D eigenvalue weighted by Gasteiger charge is 2.32. The Balaban J connectivity index is 1.65. The number of aromatic nitrogens is 4. The largest absolute Gasteiger partial charge is 0.339 e. The number of carbonyl (C=O) groups is 1. The molecule has 1 amide bonds. The SMILES string of the molecule is CC(=O)N1Cc2c(-c3noc(C4CC4)n3)ncn2-c2ccc(F)cc21. The van der Waals surface area contributed by atoms with E-state index in [2.05, 4.69) is 15.1 Å². The molecule has 1 saturated carbocycles. The van der Waals surface area contributed by atoms with E-state index in [9.17, 15) is 9.18 Å². The molecule has 7 nitrogen and oxygen atoms in total. The molecule has 0 spiro atoms. The van der Waals surface area contributed by atoms with E-state index in [4.69, 9.17) is 4.52 Å². The number of rotatable bonds is 2. The molecule has 3 heterocycles. The van der Waals surface area contributed by atoms with Crippen LogP contribution in [-0.4, -0.2) is 25.6 Å². The third kappa shape index (κ3) is 2.17. The molecule has 1 aliphatic heterocycles. The molecule has 8 heteroatoms. The Labute approximate surface area is 142 Å². The number of imidazole rings is 1. The van der Waals surface area contributed by atoms with Gasteiger partial charge in [-0.15, -0.1) is 0 Å². The molecule has 25 heavy (non-hydrogen) atoms. The van der Waals surface area contributed by atoms with E-state index in [1.54, 1.807) is 12.4 Å². The number of carbonyl (C=O) groups excluding carboxylic acids is 1. The van der Waals surface area contributed by atoms with Gasteiger partial charge in [0.05, 0.1) is 23.6 Å². The number of nitrogens with zero attached hydrogens (tertiary/aromatic N) is 5. The van der Waals surface area contributed by atoms with E-state index in [0.29, 0.717) is 34.7 Å². The summed E-state index contributed by atoms with van der Waals surface area (Å²) in [6.45, 7) is 1.73. The summed E-state index contributed by atoms with van der Waals surface area (Å²) in [6, 6.07) is 4.37. The number of hydrogen-bond donors (Lipinski definition) is 0. The summed E-state index contributed by atoms with van der Waals surface area (Å²) in [5.41, 5.74) is 2.58. The second-order valence-corrected chi connectivity index (χ2v) is 6.38. The summed E-state index contributed by atoms with van der Waals surface area (Å²) in [7, 11) is 0. The van der Waals surface area contributed by atoms with Crippen LogP contribution in [0.25, 0.3) is 17.2 Å². The van der Waals surface area contributed by atoms with Crippen molar-refractivity contribution in [1.82, 2.24) is 19.7 Å². The predicted octanol–water partition coefficient (Wildman–Crippen LogP) is 2.81.